The summed E-state index contributed by atoms with van der Waals surface area (Å²) in [6.07, 6.45) is 2.06. The molecule has 61 heavy (non-hydrogen) atoms. The number of nitrogens with one attached hydrogen (secondary N) is 1. The summed E-state index contributed by atoms with van der Waals surface area (Å²) in [7, 11) is -2.40. The summed E-state index contributed by atoms with van der Waals surface area (Å²) in [4.78, 5) is 23.0. The van der Waals surface area contributed by atoms with Crippen LogP contribution in [0.5, 0.6) is 11.8 Å². The highest BCUT2D eigenvalue weighted by Gasteiger charge is 2.42. The maximum Gasteiger partial charge on any atom is 0.429 e. The van der Waals surface area contributed by atoms with Gasteiger partial charge in [-0.2, -0.15) is 9.97 Å². The van der Waals surface area contributed by atoms with Crippen LogP contribution in [0.1, 0.15) is 106 Å². The Morgan fingerprint density at radius 2 is 1.67 bits per heavy atom. The fraction of sp³-hybridized carbons (Fsp3) is 0.553. The van der Waals surface area contributed by atoms with E-state index in [4.69, 9.17) is 14.5 Å². The van der Waals surface area contributed by atoms with Crippen LogP contribution in [0.15, 0.2) is 30.3 Å². The number of benzene rings is 3. The average molecular weight is 864 g/mol. The summed E-state index contributed by atoms with van der Waals surface area (Å²) in [5.74, 6) is -0.0374. The molecule has 2 saturated heterocycles. The van der Waals surface area contributed by atoms with Crippen LogP contribution < -0.4 is 15.1 Å². The standard InChI is InChI=1S/C47H61F4N5O4Si/c1-28(2)61(29(3)4,30(5)6)21-17-35-38(49)16-15-32-23-34(57)24-36(40(32)35)41-39(50)25-37-43(42(41)51)53-45(59-27-31-14-13-18-52-26-33(48)22-31)54-44(37)55-19-11-10-12-20-56(55)46(58)60-47(7,8)9/h15-16,23-25,28-31,33,52,57H,10-14,18-20,22,26-27H2,1-9H3/t31-,33-/m1/s1. The summed E-state index contributed by atoms with van der Waals surface area (Å²) in [6.45, 7) is 19.6. The van der Waals surface area contributed by atoms with Crippen molar-refractivity contribution in [1.82, 2.24) is 20.3 Å². The van der Waals surface area contributed by atoms with Gasteiger partial charge in [-0.1, -0.05) is 53.5 Å². The molecule has 1 amide bonds. The first-order valence-electron chi connectivity index (χ1n) is 21.8. The van der Waals surface area contributed by atoms with E-state index in [1.165, 1.54) is 29.3 Å². The predicted molar refractivity (Wildman–Crippen MR) is 237 cm³/mol. The molecule has 3 heterocycles. The predicted octanol–water partition coefficient (Wildman–Crippen LogP) is 11.4. The monoisotopic (exact) mass is 863 g/mol. The van der Waals surface area contributed by atoms with Gasteiger partial charge in [0, 0.05) is 30.6 Å². The second-order valence-electron chi connectivity index (χ2n) is 18.6. The van der Waals surface area contributed by atoms with Gasteiger partial charge in [-0.15, -0.1) is 5.54 Å². The van der Waals surface area contributed by atoms with Gasteiger partial charge in [0.1, 0.15) is 42.7 Å². The number of ether oxygens (including phenoxy) is 2. The number of halogens is 4. The first kappa shape index (κ1) is 45.9. The van der Waals surface area contributed by atoms with Crippen molar-refractivity contribution < 1.29 is 36.9 Å². The van der Waals surface area contributed by atoms with Gasteiger partial charge in [0.25, 0.3) is 0 Å². The third-order valence-electron chi connectivity index (χ3n) is 12.2. The highest BCUT2D eigenvalue weighted by atomic mass is 28.3. The number of fused-ring (bicyclic) bond motifs is 2. The van der Waals surface area contributed by atoms with E-state index in [-0.39, 0.29) is 100 Å². The summed E-state index contributed by atoms with van der Waals surface area (Å²) in [6, 6.07) is 6.22. The van der Waals surface area contributed by atoms with Gasteiger partial charge in [-0.3, -0.25) is 5.01 Å². The fourth-order valence-electron chi connectivity index (χ4n) is 9.36. The summed E-state index contributed by atoms with van der Waals surface area (Å²) in [5, 5.41) is 17.5. The van der Waals surface area contributed by atoms with Crippen molar-refractivity contribution in [3.05, 3.63) is 53.3 Å². The number of aromatic nitrogens is 2. The zero-order chi connectivity index (χ0) is 44.4. The minimum atomic E-state index is -2.40. The lowest BCUT2D eigenvalue weighted by Crippen LogP contribution is -2.49. The van der Waals surface area contributed by atoms with E-state index in [2.05, 4.69) is 63.3 Å². The van der Waals surface area contributed by atoms with E-state index in [0.29, 0.717) is 31.2 Å². The molecule has 0 saturated carbocycles. The Hall–Kier alpha value is -4.61. The summed E-state index contributed by atoms with van der Waals surface area (Å²) in [5.41, 5.74) is 2.44. The summed E-state index contributed by atoms with van der Waals surface area (Å²) >= 11 is 0. The Kier molecular flexibility index (Phi) is 14.1. The Morgan fingerprint density at radius 1 is 0.967 bits per heavy atom. The molecule has 2 atom stereocenters. The average Bonchev–Trinajstić information content (AvgIpc) is 3.42. The first-order chi connectivity index (χ1) is 28.8. The highest BCUT2D eigenvalue weighted by Crippen LogP contribution is 2.44. The Balaban J connectivity index is 1.60. The number of amides is 1. The van der Waals surface area contributed by atoms with Gasteiger partial charge >= 0.3 is 12.1 Å². The lowest BCUT2D eigenvalue weighted by Gasteiger charge is -2.38. The van der Waals surface area contributed by atoms with Crippen molar-refractivity contribution in [3.63, 3.8) is 0 Å². The molecular weight excluding hydrogens is 803 g/mol. The Morgan fingerprint density at radius 3 is 2.36 bits per heavy atom. The Bertz CT molecular complexity index is 2290. The van der Waals surface area contributed by atoms with Gasteiger partial charge in [-0.05, 0) is 118 Å². The Labute approximate surface area is 358 Å². The molecule has 0 unspecified atom stereocenters. The number of anilines is 1. The third-order valence-corrected chi connectivity index (χ3v) is 18.5. The molecule has 0 bridgehead atoms. The fourth-order valence-corrected chi connectivity index (χ4v) is 14.6. The highest BCUT2D eigenvalue weighted by molar-refractivity contribution is 6.90. The molecule has 2 aliphatic rings. The van der Waals surface area contributed by atoms with Crippen molar-refractivity contribution >= 4 is 41.7 Å². The molecule has 330 valence electrons. The van der Waals surface area contributed by atoms with E-state index in [1.807, 2.05) is 0 Å². The van der Waals surface area contributed by atoms with E-state index >= 15 is 13.2 Å². The first-order valence-corrected chi connectivity index (χ1v) is 24.0. The number of carbonyl (C=O) groups is 1. The van der Waals surface area contributed by atoms with Gasteiger partial charge in [-0.25, -0.2) is 27.4 Å². The van der Waals surface area contributed by atoms with Crippen LogP contribution in [0, 0.1) is 34.8 Å². The molecule has 4 aromatic rings. The van der Waals surface area contributed by atoms with E-state index < -0.39 is 49.0 Å². The molecular formula is C47H61F4N5O4Si. The number of hydrogen-bond acceptors (Lipinski definition) is 8. The number of hydrogen-bond donors (Lipinski definition) is 2. The smallest absolute Gasteiger partial charge is 0.429 e. The zero-order valence-corrected chi connectivity index (χ0v) is 38.0. The van der Waals surface area contributed by atoms with Crippen LogP contribution in [-0.4, -0.2) is 78.8 Å². The van der Waals surface area contributed by atoms with Crippen molar-refractivity contribution in [2.24, 2.45) is 5.92 Å². The lowest BCUT2D eigenvalue weighted by molar-refractivity contribution is 0.0232. The van der Waals surface area contributed by atoms with Crippen LogP contribution in [0.4, 0.5) is 28.2 Å². The van der Waals surface area contributed by atoms with Crippen molar-refractivity contribution in [2.45, 2.75) is 129 Å². The van der Waals surface area contributed by atoms with Crippen LogP contribution in [0.2, 0.25) is 16.6 Å². The number of aromatic hydroxyl groups is 1. The number of nitrogens with zero attached hydrogens (tertiary/aromatic N) is 4. The molecule has 0 spiro atoms. The number of rotatable bonds is 8. The molecule has 2 fully saturated rings. The molecule has 0 aliphatic carbocycles. The van der Waals surface area contributed by atoms with Gasteiger partial charge < -0.3 is 19.9 Å². The SMILES string of the molecule is CC(C)[Si](C#Cc1c(F)ccc2cc(O)cc(-c3c(F)cc4c(N5CCCCCN5C(=O)OC(C)(C)C)nc(OC[C@@H]5CCCNC[C@H](F)C5)nc4c3F)c12)(C(C)C)C(C)C. The molecule has 14 heteroatoms. The number of phenols is 1. The van der Waals surface area contributed by atoms with Crippen molar-refractivity contribution in [3.8, 4) is 34.4 Å². The number of carbonyl (C=O) groups excluding carboxylic acids is 1. The topological polar surface area (TPSA) is 100 Å². The van der Waals surface area contributed by atoms with E-state index in [0.717, 1.165) is 18.9 Å². The molecule has 6 rings (SSSR count). The molecule has 9 nitrogen and oxygen atoms in total. The maximum atomic E-state index is 17.7. The van der Waals surface area contributed by atoms with Crippen molar-refractivity contribution in [1.29, 1.82) is 0 Å². The number of hydrazine groups is 1. The second-order valence-corrected chi connectivity index (χ2v) is 24.2. The van der Waals surface area contributed by atoms with Crippen LogP contribution in [-0.2, 0) is 4.74 Å². The van der Waals surface area contributed by atoms with E-state index in [9.17, 15) is 14.3 Å². The van der Waals surface area contributed by atoms with Crippen LogP contribution in [0.25, 0.3) is 32.8 Å². The molecule has 1 aromatic heterocycles. The largest absolute Gasteiger partial charge is 0.508 e. The summed E-state index contributed by atoms with van der Waals surface area (Å²) < 4.78 is 77.6. The molecule has 0 radical (unpaired) electrons. The van der Waals surface area contributed by atoms with Crippen LogP contribution in [0.3, 0.4) is 0 Å². The zero-order valence-electron chi connectivity index (χ0n) is 37.0. The normalized spacial score (nSPS) is 18.3. The second kappa shape index (κ2) is 18.8. The van der Waals surface area contributed by atoms with Crippen molar-refractivity contribution in [2.75, 3.05) is 37.8 Å². The quantitative estimate of drug-likeness (QED) is 0.103. The van der Waals surface area contributed by atoms with Crippen LogP contribution >= 0.6 is 0 Å². The lowest BCUT2D eigenvalue weighted by atomic mass is 9.92. The maximum absolute atomic E-state index is 17.7. The van der Waals surface area contributed by atoms with Gasteiger partial charge in [0.2, 0.25) is 0 Å². The molecule has 3 aromatic carbocycles. The third kappa shape index (κ3) is 9.88. The molecule has 2 aliphatic heterocycles. The number of alkyl halides is 1. The van der Waals surface area contributed by atoms with Gasteiger partial charge in [0.05, 0.1) is 23.1 Å². The van der Waals surface area contributed by atoms with E-state index in [1.54, 1.807) is 25.8 Å². The minimum Gasteiger partial charge on any atom is -0.508 e. The minimum absolute atomic E-state index is 0.0178. The molecule has 2 N–H and O–H groups in total. The van der Waals surface area contributed by atoms with Gasteiger partial charge in [0.15, 0.2) is 11.6 Å². The number of phenolic OH excluding ortho intramolecular Hbond substituents is 1.